The molecule has 7 nitrogen and oxygen atoms in total. The van der Waals surface area contributed by atoms with E-state index in [9.17, 15) is 14.4 Å². The van der Waals surface area contributed by atoms with E-state index in [1.807, 2.05) is 74.5 Å². The van der Waals surface area contributed by atoms with E-state index in [1.165, 1.54) is 12.0 Å². The Bertz CT molecular complexity index is 785. The minimum absolute atomic E-state index is 0.196. The van der Waals surface area contributed by atoms with E-state index >= 15 is 0 Å². The molecule has 1 N–H and O–H groups in total. The first kappa shape index (κ1) is 23.1. The number of para-hydroxylation sites is 2. The highest BCUT2D eigenvalue weighted by atomic mass is 16.5. The first-order valence-electron chi connectivity index (χ1n) is 9.80. The van der Waals surface area contributed by atoms with Crippen LogP contribution >= 0.6 is 0 Å². The van der Waals surface area contributed by atoms with Gasteiger partial charge < -0.3 is 14.8 Å². The minimum Gasteiger partial charge on any atom is -0.467 e. The van der Waals surface area contributed by atoms with Crippen molar-refractivity contribution < 1.29 is 23.9 Å². The maximum absolute atomic E-state index is 12.8. The molecule has 0 radical (unpaired) electrons. The van der Waals surface area contributed by atoms with Gasteiger partial charge in [-0.3, -0.25) is 14.5 Å². The summed E-state index contributed by atoms with van der Waals surface area (Å²) in [4.78, 5) is 38.4. The molecule has 0 fully saturated rings. The number of hydrogen-bond donors (Lipinski definition) is 1. The SMILES string of the molecule is COC(=O)C(CC(C)C)NC(=O)COCC(=O)N(c1ccccc1)c1ccccc1. The molecule has 0 aliphatic heterocycles. The number of anilines is 2. The first-order valence-corrected chi connectivity index (χ1v) is 9.80. The fourth-order valence-corrected chi connectivity index (χ4v) is 2.95. The van der Waals surface area contributed by atoms with Gasteiger partial charge in [0, 0.05) is 11.4 Å². The number of ether oxygens (including phenoxy) is 2. The van der Waals surface area contributed by atoms with Crippen molar-refractivity contribution in [2.45, 2.75) is 26.3 Å². The Morgan fingerprint density at radius 3 is 1.90 bits per heavy atom. The Labute approximate surface area is 177 Å². The Morgan fingerprint density at radius 1 is 0.900 bits per heavy atom. The number of methoxy groups -OCH3 is 1. The van der Waals surface area contributed by atoms with E-state index in [0.29, 0.717) is 17.8 Å². The van der Waals surface area contributed by atoms with E-state index in [4.69, 9.17) is 9.47 Å². The lowest BCUT2D eigenvalue weighted by atomic mass is 10.0. The van der Waals surface area contributed by atoms with Crippen LogP contribution in [0.5, 0.6) is 0 Å². The van der Waals surface area contributed by atoms with Gasteiger partial charge in [-0.05, 0) is 36.6 Å². The van der Waals surface area contributed by atoms with Gasteiger partial charge in [-0.15, -0.1) is 0 Å². The lowest BCUT2D eigenvalue weighted by Gasteiger charge is -2.23. The Morgan fingerprint density at radius 2 is 1.43 bits per heavy atom. The molecular weight excluding hydrogens is 384 g/mol. The van der Waals surface area contributed by atoms with Crippen LogP contribution in [0.2, 0.25) is 0 Å². The monoisotopic (exact) mass is 412 g/mol. The van der Waals surface area contributed by atoms with Gasteiger partial charge in [0.15, 0.2) is 0 Å². The molecule has 7 heteroatoms. The number of nitrogens with one attached hydrogen (secondary N) is 1. The second kappa shape index (κ2) is 11.7. The summed E-state index contributed by atoms with van der Waals surface area (Å²) in [5.74, 6) is -1.11. The van der Waals surface area contributed by atoms with Crippen molar-refractivity contribution in [3.05, 3.63) is 60.7 Å². The number of benzene rings is 2. The fourth-order valence-electron chi connectivity index (χ4n) is 2.95. The number of rotatable bonds is 10. The molecule has 160 valence electrons. The van der Waals surface area contributed by atoms with Crippen LogP contribution in [-0.2, 0) is 23.9 Å². The summed E-state index contributed by atoms with van der Waals surface area (Å²) in [7, 11) is 1.28. The van der Waals surface area contributed by atoms with Gasteiger partial charge >= 0.3 is 5.97 Å². The van der Waals surface area contributed by atoms with Crippen molar-refractivity contribution in [3.8, 4) is 0 Å². The van der Waals surface area contributed by atoms with Crippen LogP contribution in [-0.4, -0.2) is 44.1 Å². The minimum atomic E-state index is -0.744. The molecule has 0 bridgehead atoms. The van der Waals surface area contributed by atoms with Gasteiger partial charge in [-0.25, -0.2) is 4.79 Å². The molecule has 0 aliphatic rings. The molecule has 0 saturated heterocycles. The second-order valence-electron chi connectivity index (χ2n) is 7.17. The third-order valence-corrected chi connectivity index (χ3v) is 4.26. The summed E-state index contributed by atoms with van der Waals surface area (Å²) >= 11 is 0. The summed E-state index contributed by atoms with van der Waals surface area (Å²) in [6.45, 7) is 3.26. The average Bonchev–Trinajstić information content (AvgIpc) is 2.74. The number of esters is 1. The molecule has 0 spiro atoms. The maximum atomic E-state index is 12.8. The van der Waals surface area contributed by atoms with Gasteiger partial charge in [0.05, 0.1) is 7.11 Å². The van der Waals surface area contributed by atoms with Gasteiger partial charge in [0.25, 0.3) is 5.91 Å². The molecule has 2 aromatic rings. The molecule has 0 heterocycles. The van der Waals surface area contributed by atoms with Crippen LogP contribution < -0.4 is 10.2 Å². The molecule has 0 aliphatic carbocycles. The highest BCUT2D eigenvalue weighted by molar-refractivity contribution is 6.01. The number of nitrogens with zero attached hydrogens (tertiary/aromatic N) is 1. The topological polar surface area (TPSA) is 84.9 Å². The van der Waals surface area contributed by atoms with E-state index < -0.39 is 17.9 Å². The zero-order chi connectivity index (χ0) is 21.9. The number of carbonyl (C=O) groups excluding carboxylic acids is 3. The Kier molecular flexibility index (Phi) is 9.03. The number of hydrogen-bond acceptors (Lipinski definition) is 5. The largest absolute Gasteiger partial charge is 0.467 e. The first-order chi connectivity index (χ1) is 14.4. The predicted molar refractivity (Wildman–Crippen MR) is 114 cm³/mol. The number of carbonyl (C=O) groups is 3. The van der Waals surface area contributed by atoms with Gasteiger partial charge in [-0.2, -0.15) is 0 Å². The van der Waals surface area contributed by atoms with Crippen LogP contribution in [0.25, 0.3) is 0 Å². The van der Waals surface area contributed by atoms with Gasteiger partial charge in [0.1, 0.15) is 19.3 Å². The lowest BCUT2D eigenvalue weighted by Crippen LogP contribution is -2.44. The van der Waals surface area contributed by atoms with Crippen molar-refractivity contribution >= 4 is 29.2 Å². The van der Waals surface area contributed by atoms with Gasteiger partial charge in [-0.1, -0.05) is 50.2 Å². The molecule has 0 saturated carbocycles. The van der Waals surface area contributed by atoms with Crippen LogP contribution in [0.4, 0.5) is 11.4 Å². The van der Waals surface area contributed by atoms with Crippen molar-refractivity contribution in [2.75, 3.05) is 25.2 Å². The van der Waals surface area contributed by atoms with Crippen LogP contribution in [0.1, 0.15) is 20.3 Å². The molecule has 1 unspecified atom stereocenters. The maximum Gasteiger partial charge on any atom is 0.328 e. The predicted octanol–water partition coefficient (Wildman–Crippen LogP) is 3.07. The van der Waals surface area contributed by atoms with E-state index in [2.05, 4.69) is 5.32 Å². The Hall–Kier alpha value is -3.19. The Balaban J connectivity index is 1.97. The zero-order valence-corrected chi connectivity index (χ0v) is 17.5. The molecule has 2 amide bonds. The molecule has 30 heavy (non-hydrogen) atoms. The highest BCUT2D eigenvalue weighted by Crippen LogP contribution is 2.25. The summed E-state index contributed by atoms with van der Waals surface area (Å²) in [5, 5.41) is 2.60. The van der Waals surface area contributed by atoms with E-state index in [0.717, 1.165) is 0 Å². The molecule has 2 rings (SSSR count). The normalized spacial score (nSPS) is 11.6. The fraction of sp³-hybridized carbons (Fsp3) is 0.348. The van der Waals surface area contributed by atoms with Crippen molar-refractivity contribution in [1.29, 1.82) is 0 Å². The number of amides is 2. The smallest absolute Gasteiger partial charge is 0.328 e. The summed E-state index contributed by atoms with van der Waals surface area (Å²) in [6.07, 6.45) is 0.452. The summed E-state index contributed by atoms with van der Waals surface area (Å²) in [5.41, 5.74) is 1.40. The van der Waals surface area contributed by atoms with Crippen molar-refractivity contribution in [1.82, 2.24) is 5.32 Å². The lowest BCUT2D eigenvalue weighted by molar-refractivity contribution is -0.146. The second-order valence-corrected chi connectivity index (χ2v) is 7.17. The quantitative estimate of drug-likeness (QED) is 0.606. The summed E-state index contributed by atoms with van der Waals surface area (Å²) < 4.78 is 10.1. The van der Waals surface area contributed by atoms with Crippen LogP contribution in [0.15, 0.2) is 60.7 Å². The third-order valence-electron chi connectivity index (χ3n) is 4.26. The third kappa shape index (κ3) is 7.00. The van der Waals surface area contributed by atoms with Crippen LogP contribution in [0.3, 0.4) is 0 Å². The highest BCUT2D eigenvalue weighted by Gasteiger charge is 2.23. The molecule has 1 atom stereocenters. The zero-order valence-electron chi connectivity index (χ0n) is 17.5. The molecule has 0 aromatic heterocycles. The molecular formula is C23H28N2O5. The summed E-state index contributed by atoms with van der Waals surface area (Å²) in [6, 6.07) is 17.7. The van der Waals surface area contributed by atoms with E-state index in [1.54, 1.807) is 0 Å². The standard InChI is InChI=1S/C23H28N2O5/c1-17(2)14-20(23(28)29-3)24-21(26)15-30-16-22(27)25(18-10-6-4-7-11-18)19-12-8-5-9-13-19/h4-13,17,20H,14-16H2,1-3H3,(H,24,26). The average molecular weight is 412 g/mol. The van der Waals surface area contributed by atoms with Gasteiger partial charge in [0.2, 0.25) is 5.91 Å². The molecule has 2 aromatic carbocycles. The van der Waals surface area contributed by atoms with E-state index in [-0.39, 0.29) is 25.0 Å². The van der Waals surface area contributed by atoms with Crippen LogP contribution in [0, 0.1) is 5.92 Å². The van der Waals surface area contributed by atoms with Crippen molar-refractivity contribution in [2.24, 2.45) is 5.92 Å². The van der Waals surface area contributed by atoms with Crippen molar-refractivity contribution in [3.63, 3.8) is 0 Å².